The fraction of sp³-hybridized carbons (Fsp3) is 0.455. The van der Waals surface area contributed by atoms with Gasteiger partial charge >= 0.3 is 0 Å². The number of Topliss-reactive ketones (excluding diaryl/α,β-unsaturated/α-hetero) is 1. The molecule has 0 amide bonds. The zero-order chi connectivity index (χ0) is 21.5. The van der Waals surface area contributed by atoms with Gasteiger partial charge in [0.25, 0.3) is 0 Å². The Hall–Kier alpha value is -2.45. The molecule has 8 heteroatoms. The number of aromatic nitrogens is 5. The average Bonchev–Trinajstić information content (AvgIpc) is 3.33. The molecule has 0 aliphatic rings. The molecule has 0 saturated carbocycles. The van der Waals surface area contributed by atoms with Crippen LogP contribution in [-0.2, 0) is 17.7 Å². The van der Waals surface area contributed by atoms with Gasteiger partial charge in [-0.2, -0.15) is 4.68 Å². The van der Waals surface area contributed by atoms with Crippen molar-refractivity contribution in [3.8, 4) is 5.69 Å². The molecule has 2 aromatic heterocycles. The topological polar surface area (TPSA) is 74.8 Å². The molecule has 2 heterocycles. The summed E-state index contributed by atoms with van der Waals surface area (Å²) in [5.41, 5.74) is 4.98. The van der Waals surface area contributed by atoms with E-state index in [1.807, 2.05) is 32.0 Å². The Bertz CT molecular complexity index is 978. The van der Waals surface area contributed by atoms with Crippen molar-refractivity contribution < 1.29 is 9.53 Å². The number of hydrogen-bond acceptors (Lipinski definition) is 6. The molecule has 0 aliphatic heterocycles. The van der Waals surface area contributed by atoms with E-state index in [1.54, 1.807) is 11.8 Å². The van der Waals surface area contributed by atoms with Gasteiger partial charge in [-0.15, -0.1) is 5.10 Å². The number of thioether (sulfide) groups is 1. The SMILES string of the molecule is CCCCc1ccc(-n2nnnc2SCC(=O)c2cc(C)n(CCOC)c2C)cc1. The van der Waals surface area contributed by atoms with Gasteiger partial charge in [0, 0.05) is 30.6 Å². The maximum atomic E-state index is 12.8. The summed E-state index contributed by atoms with van der Waals surface area (Å²) < 4.78 is 8.97. The van der Waals surface area contributed by atoms with Crippen LogP contribution in [0.25, 0.3) is 5.69 Å². The predicted octanol–water partition coefficient (Wildman–Crippen LogP) is 4.04. The minimum atomic E-state index is 0.0706. The highest BCUT2D eigenvalue weighted by Gasteiger charge is 2.18. The molecule has 1 aromatic carbocycles. The summed E-state index contributed by atoms with van der Waals surface area (Å²) in [6.45, 7) is 7.53. The third-order valence-corrected chi connectivity index (χ3v) is 6.09. The van der Waals surface area contributed by atoms with Gasteiger partial charge in [0.2, 0.25) is 5.16 Å². The van der Waals surface area contributed by atoms with Crippen molar-refractivity contribution in [2.24, 2.45) is 0 Å². The number of tetrazole rings is 1. The first kappa shape index (κ1) is 22.2. The van der Waals surface area contributed by atoms with Gasteiger partial charge < -0.3 is 9.30 Å². The maximum Gasteiger partial charge on any atom is 0.214 e. The number of carbonyl (C=O) groups excluding carboxylic acids is 1. The standard InChI is InChI=1S/C22H29N5O2S/c1-5-6-7-18-8-10-19(11-9-18)27-22(23-24-25-27)30-15-21(28)20-14-16(2)26(17(20)3)12-13-29-4/h8-11,14H,5-7,12-13,15H2,1-4H3. The van der Waals surface area contributed by atoms with Crippen LogP contribution in [0.5, 0.6) is 0 Å². The second-order valence-electron chi connectivity index (χ2n) is 7.28. The summed E-state index contributed by atoms with van der Waals surface area (Å²) in [6, 6.07) is 10.2. The molecular weight excluding hydrogens is 398 g/mol. The molecule has 30 heavy (non-hydrogen) atoms. The molecule has 0 bridgehead atoms. The van der Waals surface area contributed by atoms with Crippen molar-refractivity contribution >= 4 is 17.5 Å². The first-order valence-electron chi connectivity index (χ1n) is 10.2. The van der Waals surface area contributed by atoms with Crippen LogP contribution in [0.15, 0.2) is 35.5 Å². The first-order chi connectivity index (χ1) is 14.5. The summed E-state index contributed by atoms with van der Waals surface area (Å²) >= 11 is 1.35. The number of unbranched alkanes of at least 4 members (excludes halogenated alkanes) is 1. The summed E-state index contributed by atoms with van der Waals surface area (Å²) in [7, 11) is 1.68. The average molecular weight is 428 g/mol. The number of ether oxygens (including phenoxy) is 1. The lowest BCUT2D eigenvalue weighted by molar-refractivity contribution is 0.102. The van der Waals surface area contributed by atoms with E-state index < -0.39 is 0 Å². The van der Waals surface area contributed by atoms with Gasteiger partial charge in [0.15, 0.2) is 5.78 Å². The Morgan fingerprint density at radius 2 is 1.97 bits per heavy atom. The van der Waals surface area contributed by atoms with Gasteiger partial charge in [0.1, 0.15) is 0 Å². The summed E-state index contributed by atoms with van der Waals surface area (Å²) in [4.78, 5) is 12.8. The van der Waals surface area contributed by atoms with E-state index in [-0.39, 0.29) is 11.5 Å². The van der Waals surface area contributed by atoms with Gasteiger partial charge in [-0.25, -0.2) is 0 Å². The van der Waals surface area contributed by atoms with Gasteiger partial charge in [-0.05, 0) is 60.9 Å². The molecular formula is C22H29N5O2S. The first-order valence-corrected chi connectivity index (χ1v) is 11.2. The molecule has 7 nitrogen and oxygen atoms in total. The Labute approximate surface area is 181 Å². The molecule has 0 fully saturated rings. The minimum absolute atomic E-state index is 0.0706. The van der Waals surface area contributed by atoms with E-state index in [9.17, 15) is 4.79 Å². The summed E-state index contributed by atoms with van der Waals surface area (Å²) in [5.74, 6) is 0.352. The lowest BCUT2D eigenvalue weighted by atomic mass is 10.1. The minimum Gasteiger partial charge on any atom is -0.383 e. The second-order valence-corrected chi connectivity index (χ2v) is 8.23. The van der Waals surface area contributed by atoms with Crippen LogP contribution < -0.4 is 0 Å². The molecule has 0 radical (unpaired) electrons. The fourth-order valence-corrected chi connectivity index (χ4v) is 4.21. The second kappa shape index (κ2) is 10.5. The predicted molar refractivity (Wildman–Crippen MR) is 119 cm³/mol. The number of nitrogens with zero attached hydrogens (tertiary/aromatic N) is 5. The molecule has 0 unspecified atom stereocenters. The third kappa shape index (κ3) is 5.17. The highest BCUT2D eigenvalue weighted by molar-refractivity contribution is 7.99. The molecule has 3 rings (SSSR count). The van der Waals surface area contributed by atoms with E-state index in [1.165, 1.54) is 30.2 Å². The van der Waals surface area contributed by atoms with Crippen molar-refractivity contribution in [2.75, 3.05) is 19.5 Å². The third-order valence-electron chi connectivity index (χ3n) is 5.17. The van der Waals surface area contributed by atoms with Crippen LogP contribution >= 0.6 is 11.8 Å². The lowest BCUT2D eigenvalue weighted by Gasteiger charge is -2.09. The largest absolute Gasteiger partial charge is 0.383 e. The number of benzene rings is 1. The number of ketones is 1. The lowest BCUT2D eigenvalue weighted by Crippen LogP contribution is -2.10. The smallest absolute Gasteiger partial charge is 0.214 e. The van der Waals surface area contributed by atoms with Crippen LogP contribution in [0.2, 0.25) is 0 Å². The van der Waals surface area contributed by atoms with E-state index in [0.717, 1.165) is 35.6 Å². The van der Waals surface area contributed by atoms with E-state index in [0.29, 0.717) is 11.8 Å². The van der Waals surface area contributed by atoms with Crippen LogP contribution in [0.4, 0.5) is 0 Å². The zero-order valence-corrected chi connectivity index (χ0v) is 18.9. The van der Waals surface area contributed by atoms with E-state index >= 15 is 0 Å². The number of rotatable bonds is 11. The van der Waals surface area contributed by atoms with Crippen LogP contribution in [0.1, 0.15) is 47.1 Å². The number of aryl methyl sites for hydroxylation is 2. The van der Waals surface area contributed by atoms with Gasteiger partial charge in [0.05, 0.1) is 18.0 Å². The molecule has 0 N–H and O–H groups in total. The molecule has 3 aromatic rings. The van der Waals surface area contributed by atoms with Crippen molar-refractivity contribution in [1.29, 1.82) is 0 Å². The Kier molecular flexibility index (Phi) is 7.81. The zero-order valence-electron chi connectivity index (χ0n) is 18.1. The maximum absolute atomic E-state index is 12.8. The Morgan fingerprint density at radius 3 is 2.67 bits per heavy atom. The molecule has 0 spiro atoms. The van der Waals surface area contributed by atoms with Gasteiger partial charge in [-0.1, -0.05) is 37.2 Å². The van der Waals surface area contributed by atoms with Crippen molar-refractivity contribution in [3.63, 3.8) is 0 Å². The number of carbonyl (C=O) groups is 1. The van der Waals surface area contributed by atoms with Crippen molar-refractivity contribution in [2.45, 2.75) is 51.7 Å². The van der Waals surface area contributed by atoms with E-state index in [4.69, 9.17) is 4.74 Å². The highest BCUT2D eigenvalue weighted by Crippen LogP contribution is 2.22. The van der Waals surface area contributed by atoms with Gasteiger partial charge in [-0.3, -0.25) is 4.79 Å². The summed E-state index contributed by atoms with van der Waals surface area (Å²) in [5, 5.41) is 12.6. The van der Waals surface area contributed by atoms with Crippen LogP contribution in [-0.4, -0.2) is 50.0 Å². The summed E-state index contributed by atoms with van der Waals surface area (Å²) in [6.07, 6.45) is 3.43. The number of hydrogen-bond donors (Lipinski definition) is 0. The normalized spacial score (nSPS) is 11.2. The molecule has 160 valence electrons. The molecule has 0 atom stereocenters. The Balaban J connectivity index is 1.68. The highest BCUT2D eigenvalue weighted by atomic mass is 32.2. The monoisotopic (exact) mass is 427 g/mol. The quantitative estimate of drug-likeness (QED) is 0.340. The fourth-order valence-electron chi connectivity index (χ4n) is 3.43. The van der Waals surface area contributed by atoms with Crippen LogP contribution in [0.3, 0.4) is 0 Å². The van der Waals surface area contributed by atoms with Crippen molar-refractivity contribution in [1.82, 2.24) is 24.8 Å². The number of methoxy groups -OCH3 is 1. The van der Waals surface area contributed by atoms with E-state index in [2.05, 4.69) is 39.1 Å². The Morgan fingerprint density at radius 1 is 1.20 bits per heavy atom. The molecule has 0 saturated heterocycles. The van der Waals surface area contributed by atoms with Crippen molar-refractivity contribution in [3.05, 3.63) is 52.8 Å². The molecule has 0 aliphatic carbocycles. The van der Waals surface area contributed by atoms with Crippen LogP contribution in [0, 0.1) is 13.8 Å².